The molecule has 246 valence electrons. The SMILES string of the molecule is CC(C)CN(CCC(=O)OCc1ccccc1)C(=O)N[C@@](Cc1ccccc1)(Cc1ccc(-c2ccc3ccccc3c2)cc1)C(=O)O. The molecular weight excluding hydrogens is 600 g/mol. The van der Waals surface area contributed by atoms with Gasteiger partial charge in [0.05, 0.1) is 6.42 Å². The van der Waals surface area contributed by atoms with Gasteiger partial charge in [0.2, 0.25) is 0 Å². The first-order valence-electron chi connectivity index (χ1n) is 16.3. The van der Waals surface area contributed by atoms with Gasteiger partial charge in [0.15, 0.2) is 0 Å². The van der Waals surface area contributed by atoms with Crippen molar-refractivity contribution in [2.75, 3.05) is 13.1 Å². The number of benzene rings is 5. The lowest BCUT2D eigenvalue weighted by molar-refractivity contribution is -0.146. The Balaban J connectivity index is 1.35. The number of amides is 2. The molecule has 0 radical (unpaired) electrons. The standard InChI is InChI=1S/C41H42N2O5/c1-30(2)28-43(24-23-38(44)48-29-33-13-7-4-8-14-33)40(47)42-41(39(45)46,26-31-11-5-3-6-12-31)27-32-17-19-35(20-18-32)37-22-21-34-15-9-10-16-36(34)25-37/h3-22,25,30H,23-24,26-29H2,1-2H3,(H,42,47)(H,45,46)/t41-/m0/s1. The molecule has 1 atom stereocenters. The molecule has 7 nitrogen and oxygen atoms in total. The van der Waals surface area contributed by atoms with Crippen LogP contribution in [0, 0.1) is 5.92 Å². The summed E-state index contributed by atoms with van der Waals surface area (Å²) >= 11 is 0. The zero-order chi connectivity index (χ0) is 33.9. The molecule has 5 rings (SSSR count). The molecule has 0 unspecified atom stereocenters. The molecule has 48 heavy (non-hydrogen) atoms. The number of carbonyl (C=O) groups excluding carboxylic acids is 2. The van der Waals surface area contributed by atoms with Gasteiger partial charge < -0.3 is 20.1 Å². The Hall–Kier alpha value is -5.43. The van der Waals surface area contributed by atoms with E-state index in [-0.39, 0.29) is 38.3 Å². The number of urea groups is 1. The van der Waals surface area contributed by atoms with Gasteiger partial charge >= 0.3 is 18.0 Å². The Morgan fingerprint density at radius 3 is 1.90 bits per heavy atom. The number of nitrogens with zero attached hydrogens (tertiary/aromatic N) is 1. The van der Waals surface area contributed by atoms with Crippen LogP contribution in [0.4, 0.5) is 4.79 Å². The summed E-state index contributed by atoms with van der Waals surface area (Å²) in [4.78, 5) is 41.3. The monoisotopic (exact) mass is 642 g/mol. The van der Waals surface area contributed by atoms with Crippen molar-refractivity contribution in [3.8, 4) is 11.1 Å². The van der Waals surface area contributed by atoms with Crippen LogP contribution >= 0.6 is 0 Å². The number of hydrogen-bond donors (Lipinski definition) is 2. The summed E-state index contributed by atoms with van der Waals surface area (Å²) in [5, 5.41) is 16.0. The predicted octanol–water partition coefficient (Wildman–Crippen LogP) is 7.92. The van der Waals surface area contributed by atoms with Gasteiger partial charge in [-0.25, -0.2) is 9.59 Å². The summed E-state index contributed by atoms with van der Waals surface area (Å²) in [7, 11) is 0. The fraction of sp³-hybridized carbons (Fsp3) is 0.244. The molecule has 5 aromatic rings. The van der Waals surface area contributed by atoms with Crippen molar-refractivity contribution >= 4 is 28.7 Å². The molecule has 0 bridgehead atoms. The van der Waals surface area contributed by atoms with Crippen molar-refractivity contribution in [1.29, 1.82) is 0 Å². The maximum atomic E-state index is 13.9. The molecule has 7 heteroatoms. The summed E-state index contributed by atoms with van der Waals surface area (Å²) in [5.41, 5.74) is 2.87. The highest BCUT2D eigenvalue weighted by atomic mass is 16.5. The van der Waals surface area contributed by atoms with Crippen LogP contribution in [0.2, 0.25) is 0 Å². The van der Waals surface area contributed by atoms with Gasteiger partial charge in [0.1, 0.15) is 12.1 Å². The number of fused-ring (bicyclic) bond motifs is 1. The van der Waals surface area contributed by atoms with Crippen LogP contribution in [0.15, 0.2) is 127 Å². The number of rotatable bonds is 14. The van der Waals surface area contributed by atoms with Crippen LogP contribution < -0.4 is 5.32 Å². The molecule has 0 aliphatic carbocycles. The number of aliphatic carboxylic acids is 1. The summed E-state index contributed by atoms with van der Waals surface area (Å²) in [6.45, 7) is 4.53. The van der Waals surface area contributed by atoms with Gasteiger partial charge in [0.25, 0.3) is 0 Å². The number of ether oxygens (including phenoxy) is 1. The van der Waals surface area contributed by atoms with Gasteiger partial charge in [-0.15, -0.1) is 0 Å². The molecular formula is C41H42N2O5. The largest absolute Gasteiger partial charge is 0.479 e. The predicted molar refractivity (Wildman–Crippen MR) is 189 cm³/mol. The Kier molecular flexibility index (Phi) is 11.2. The van der Waals surface area contributed by atoms with E-state index in [2.05, 4.69) is 35.6 Å². The van der Waals surface area contributed by atoms with Crippen LogP contribution in [0.1, 0.15) is 37.0 Å². The number of carboxylic acid groups (broad SMARTS) is 1. The first-order chi connectivity index (χ1) is 23.2. The number of carboxylic acids is 1. The second-order valence-electron chi connectivity index (χ2n) is 12.7. The van der Waals surface area contributed by atoms with Crippen LogP contribution in [0.25, 0.3) is 21.9 Å². The van der Waals surface area contributed by atoms with E-state index in [1.165, 1.54) is 4.90 Å². The maximum Gasteiger partial charge on any atom is 0.330 e. The van der Waals surface area contributed by atoms with E-state index in [9.17, 15) is 19.5 Å². The highest BCUT2D eigenvalue weighted by Crippen LogP contribution is 2.27. The van der Waals surface area contributed by atoms with E-state index < -0.39 is 23.5 Å². The summed E-state index contributed by atoms with van der Waals surface area (Å²) in [6, 6.07) is 40.5. The van der Waals surface area contributed by atoms with Crippen molar-refractivity contribution in [3.05, 3.63) is 144 Å². The first-order valence-corrected chi connectivity index (χ1v) is 16.3. The minimum atomic E-state index is -1.65. The normalized spacial score (nSPS) is 12.3. The van der Waals surface area contributed by atoms with E-state index in [0.717, 1.165) is 38.6 Å². The second-order valence-corrected chi connectivity index (χ2v) is 12.7. The van der Waals surface area contributed by atoms with E-state index >= 15 is 0 Å². The zero-order valence-corrected chi connectivity index (χ0v) is 27.5. The number of hydrogen-bond acceptors (Lipinski definition) is 4. The van der Waals surface area contributed by atoms with Crippen molar-refractivity contribution in [2.45, 2.75) is 45.3 Å². The number of nitrogens with one attached hydrogen (secondary N) is 1. The summed E-state index contributed by atoms with van der Waals surface area (Å²) in [6.07, 6.45) is 0.132. The van der Waals surface area contributed by atoms with Crippen molar-refractivity contribution < 1.29 is 24.2 Å². The second kappa shape index (κ2) is 15.9. The van der Waals surface area contributed by atoms with E-state index in [1.54, 1.807) is 0 Å². The fourth-order valence-corrected chi connectivity index (χ4v) is 5.87. The first kappa shape index (κ1) is 33.9. The van der Waals surface area contributed by atoms with Gasteiger partial charge in [-0.3, -0.25) is 4.79 Å². The molecule has 0 aromatic heterocycles. The third-order valence-electron chi connectivity index (χ3n) is 8.35. The molecule has 5 aromatic carbocycles. The van der Waals surface area contributed by atoms with Crippen molar-refractivity contribution in [2.24, 2.45) is 5.92 Å². The average Bonchev–Trinajstić information content (AvgIpc) is 3.10. The fourth-order valence-electron chi connectivity index (χ4n) is 5.87. The van der Waals surface area contributed by atoms with E-state index in [0.29, 0.717) is 6.54 Å². The Morgan fingerprint density at radius 2 is 1.27 bits per heavy atom. The molecule has 0 fully saturated rings. The summed E-state index contributed by atoms with van der Waals surface area (Å²) in [5.74, 6) is -1.47. The average molecular weight is 643 g/mol. The minimum Gasteiger partial charge on any atom is -0.479 e. The molecule has 2 N–H and O–H groups in total. The zero-order valence-electron chi connectivity index (χ0n) is 27.5. The maximum absolute atomic E-state index is 13.9. The number of esters is 1. The van der Waals surface area contributed by atoms with Crippen LogP contribution in [-0.4, -0.2) is 46.6 Å². The lowest BCUT2D eigenvalue weighted by atomic mass is 9.84. The van der Waals surface area contributed by atoms with Crippen molar-refractivity contribution in [1.82, 2.24) is 10.2 Å². The highest BCUT2D eigenvalue weighted by molar-refractivity contribution is 5.88. The van der Waals surface area contributed by atoms with Crippen LogP contribution in [0.5, 0.6) is 0 Å². The van der Waals surface area contributed by atoms with Gasteiger partial charge in [-0.1, -0.05) is 135 Å². The van der Waals surface area contributed by atoms with Crippen LogP contribution in [-0.2, 0) is 33.8 Å². The molecule has 0 spiro atoms. The van der Waals surface area contributed by atoms with Crippen LogP contribution in [0.3, 0.4) is 0 Å². The molecule has 2 amide bonds. The third-order valence-corrected chi connectivity index (χ3v) is 8.35. The molecule has 0 aliphatic heterocycles. The van der Waals surface area contributed by atoms with Gasteiger partial charge in [0, 0.05) is 25.9 Å². The molecule has 0 aliphatic rings. The minimum absolute atomic E-state index is 0.0119. The summed E-state index contributed by atoms with van der Waals surface area (Å²) < 4.78 is 5.43. The van der Waals surface area contributed by atoms with Gasteiger partial charge in [-0.05, 0) is 50.6 Å². The van der Waals surface area contributed by atoms with E-state index in [1.807, 2.05) is 111 Å². The quantitative estimate of drug-likeness (QED) is 0.120. The molecule has 0 saturated carbocycles. The van der Waals surface area contributed by atoms with E-state index in [4.69, 9.17) is 4.74 Å². The molecule has 0 heterocycles. The topological polar surface area (TPSA) is 95.9 Å². The third kappa shape index (κ3) is 9.10. The lowest BCUT2D eigenvalue weighted by Crippen LogP contribution is -2.61. The smallest absolute Gasteiger partial charge is 0.330 e. The Morgan fingerprint density at radius 1 is 0.708 bits per heavy atom. The lowest BCUT2D eigenvalue weighted by Gasteiger charge is -2.34. The highest BCUT2D eigenvalue weighted by Gasteiger charge is 2.41. The van der Waals surface area contributed by atoms with Gasteiger partial charge in [-0.2, -0.15) is 0 Å². The Bertz CT molecular complexity index is 1820. The number of carbonyl (C=O) groups is 3. The Labute approximate surface area is 282 Å². The molecule has 0 saturated heterocycles. The van der Waals surface area contributed by atoms with Crippen molar-refractivity contribution in [3.63, 3.8) is 0 Å².